The van der Waals surface area contributed by atoms with E-state index in [9.17, 15) is 4.79 Å². The lowest BCUT2D eigenvalue weighted by atomic mass is 10.1. The second-order valence-electron chi connectivity index (χ2n) is 4.65. The predicted octanol–water partition coefficient (Wildman–Crippen LogP) is 2.61. The third kappa shape index (κ3) is 2.39. The van der Waals surface area contributed by atoms with Gasteiger partial charge in [0.25, 0.3) is 0 Å². The molecule has 1 N–H and O–H groups in total. The summed E-state index contributed by atoms with van der Waals surface area (Å²) in [6.45, 7) is 2.79. The topological polar surface area (TPSA) is 36.1 Å². The Hall–Kier alpha value is -1.61. The van der Waals surface area contributed by atoms with E-state index >= 15 is 0 Å². The number of para-hydroxylation sites is 1. The Labute approximate surface area is 101 Å². The second-order valence-corrected chi connectivity index (χ2v) is 4.65. The molecule has 0 fully saturated rings. The SMILES string of the molecule is Cc1c(C(=O)CCN(C)C)[nH]c2ccccc12. The van der Waals surface area contributed by atoms with Gasteiger partial charge in [0.05, 0.1) is 5.69 Å². The van der Waals surface area contributed by atoms with Gasteiger partial charge in [-0.1, -0.05) is 18.2 Å². The van der Waals surface area contributed by atoms with Gasteiger partial charge < -0.3 is 9.88 Å². The molecule has 0 bridgehead atoms. The van der Waals surface area contributed by atoms with Crippen molar-refractivity contribution in [2.45, 2.75) is 13.3 Å². The van der Waals surface area contributed by atoms with Crippen LogP contribution in [0.5, 0.6) is 0 Å². The minimum atomic E-state index is 0.187. The molecule has 2 aromatic rings. The third-order valence-electron chi connectivity index (χ3n) is 3.03. The average Bonchev–Trinajstić information content (AvgIpc) is 2.64. The van der Waals surface area contributed by atoms with Crippen LogP contribution in [0.4, 0.5) is 0 Å². The van der Waals surface area contributed by atoms with Crippen molar-refractivity contribution in [1.82, 2.24) is 9.88 Å². The number of fused-ring (bicyclic) bond motifs is 1. The van der Waals surface area contributed by atoms with Crippen molar-refractivity contribution in [2.24, 2.45) is 0 Å². The van der Waals surface area contributed by atoms with E-state index < -0.39 is 0 Å². The summed E-state index contributed by atoms with van der Waals surface area (Å²) in [4.78, 5) is 17.3. The van der Waals surface area contributed by atoms with Gasteiger partial charge in [0, 0.05) is 23.9 Å². The molecule has 0 saturated heterocycles. The Balaban J connectivity index is 2.29. The van der Waals surface area contributed by atoms with Crippen LogP contribution in [-0.4, -0.2) is 36.3 Å². The number of carbonyl (C=O) groups is 1. The fourth-order valence-electron chi connectivity index (χ4n) is 2.01. The Morgan fingerprint density at radius 1 is 1.29 bits per heavy atom. The van der Waals surface area contributed by atoms with Crippen molar-refractivity contribution in [3.05, 3.63) is 35.5 Å². The summed E-state index contributed by atoms with van der Waals surface area (Å²) in [5.41, 5.74) is 2.86. The molecule has 0 atom stereocenters. The first-order valence-corrected chi connectivity index (χ1v) is 5.85. The largest absolute Gasteiger partial charge is 0.352 e. The summed E-state index contributed by atoms with van der Waals surface area (Å²) in [6.07, 6.45) is 0.556. The molecule has 0 saturated carbocycles. The zero-order valence-electron chi connectivity index (χ0n) is 10.6. The molecule has 1 heterocycles. The fraction of sp³-hybridized carbons (Fsp3) is 0.357. The van der Waals surface area contributed by atoms with Gasteiger partial charge in [-0.3, -0.25) is 4.79 Å². The van der Waals surface area contributed by atoms with Gasteiger partial charge >= 0.3 is 0 Å². The number of hydrogen-bond donors (Lipinski definition) is 1. The number of ketones is 1. The van der Waals surface area contributed by atoms with Crippen molar-refractivity contribution in [3.63, 3.8) is 0 Å². The van der Waals surface area contributed by atoms with E-state index in [1.165, 1.54) is 0 Å². The van der Waals surface area contributed by atoms with Crippen molar-refractivity contribution >= 4 is 16.7 Å². The highest BCUT2D eigenvalue weighted by atomic mass is 16.1. The van der Waals surface area contributed by atoms with Crippen LogP contribution in [0.15, 0.2) is 24.3 Å². The summed E-state index contributed by atoms with van der Waals surface area (Å²) in [6, 6.07) is 8.03. The molecule has 0 radical (unpaired) electrons. The van der Waals surface area contributed by atoms with Crippen molar-refractivity contribution in [3.8, 4) is 0 Å². The zero-order chi connectivity index (χ0) is 12.4. The van der Waals surface area contributed by atoms with E-state index in [4.69, 9.17) is 0 Å². The van der Waals surface area contributed by atoms with Crippen molar-refractivity contribution < 1.29 is 4.79 Å². The van der Waals surface area contributed by atoms with E-state index in [0.29, 0.717) is 6.42 Å². The molecule has 0 amide bonds. The maximum atomic E-state index is 12.1. The minimum Gasteiger partial charge on any atom is -0.352 e. The van der Waals surface area contributed by atoms with Crippen LogP contribution >= 0.6 is 0 Å². The van der Waals surface area contributed by atoms with Crippen LogP contribution in [0.2, 0.25) is 0 Å². The highest BCUT2D eigenvalue weighted by Crippen LogP contribution is 2.22. The molecule has 1 aromatic carbocycles. The number of aromatic amines is 1. The summed E-state index contributed by atoms with van der Waals surface area (Å²) in [5, 5.41) is 1.14. The van der Waals surface area contributed by atoms with Gasteiger partial charge in [-0.25, -0.2) is 0 Å². The summed E-state index contributed by atoms with van der Waals surface area (Å²) in [7, 11) is 3.96. The second kappa shape index (κ2) is 4.72. The van der Waals surface area contributed by atoms with Gasteiger partial charge in [-0.05, 0) is 32.6 Å². The Kier molecular flexibility index (Phi) is 3.29. The molecule has 0 spiro atoms. The molecule has 3 heteroatoms. The smallest absolute Gasteiger partial charge is 0.180 e. The van der Waals surface area contributed by atoms with Crippen molar-refractivity contribution in [2.75, 3.05) is 20.6 Å². The number of nitrogens with one attached hydrogen (secondary N) is 1. The molecule has 0 aliphatic heterocycles. The number of nitrogens with zero attached hydrogens (tertiary/aromatic N) is 1. The molecule has 2 rings (SSSR count). The quantitative estimate of drug-likeness (QED) is 0.820. The molecule has 1 aromatic heterocycles. The van der Waals surface area contributed by atoms with Crippen LogP contribution in [0.1, 0.15) is 22.5 Å². The van der Waals surface area contributed by atoms with Crippen LogP contribution in [0, 0.1) is 6.92 Å². The van der Waals surface area contributed by atoms with Gasteiger partial charge in [-0.15, -0.1) is 0 Å². The lowest BCUT2D eigenvalue weighted by Gasteiger charge is -2.07. The van der Waals surface area contributed by atoms with E-state index in [2.05, 4.69) is 4.98 Å². The first-order valence-electron chi connectivity index (χ1n) is 5.85. The highest BCUT2D eigenvalue weighted by Gasteiger charge is 2.14. The third-order valence-corrected chi connectivity index (χ3v) is 3.03. The molecular weight excluding hydrogens is 212 g/mol. The number of carbonyl (C=O) groups excluding carboxylic acids is 1. The molecule has 0 aliphatic rings. The van der Waals surface area contributed by atoms with Gasteiger partial charge in [0.15, 0.2) is 5.78 Å². The standard InChI is InChI=1S/C14H18N2O/c1-10-11-6-4-5-7-12(11)15-14(10)13(17)8-9-16(2)3/h4-7,15H,8-9H2,1-3H3. The zero-order valence-corrected chi connectivity index (χ0v) is 10.6. The van der Waals surface area contributed by atoms with E-state index in [1.807, 2.05) is 50.2 Å². The number of H-pyrrole nitrogens is 1. The number of benzene rings is 1. The lowest BCUT2D eigenvalue weighted by Crippen LogP contribution is -2.17. The van der Waals surface area contributed by atoms with Gasteiger partial charge in [0.2, 0.25) is 0 Å². The Morgan fingerprint density at radius 2 is 2.00 bits per heavy atom. The van der Waals surface area contributed by atoms with E-state index in [1.54, 1.807) is 0 Å². The Morgan fingerprint density at radius 3 is 2.65 bits per heavy atom. The molecule has 3 nitrogen and oxygen atoms in total. The first-order chi connectivity index (χ1) is 8.09. The van der Waals surface area contributed by atoms with Gasteiger partial charge in [0.1, 0.15) is 0 Å². The number of aromatic nitrogens is 1. The van der Waals surface area contributed by atoms with Crippen LogP contribution < -0.4 is 0 Å². The fourth-order valence-corrected chi connectivity index (χ4v) is 2.01. The average molecular weight is 230 g/mol. The normalized spacial score (nSPS) is 11.3. The minimum absolute atomic E-state index is 0.187. The number of rotatable bonds is 4. The summed E-state index contributed by atoms with van der Waals surface area (Å²) >= 11 is 0. The number of aryl methyl sites for hydroxylation is 1. The number of hydrogen-bond acceptors (Lipinski definition) is 2. The summed E-state index contributed by atoms with van der Waals surface area (Å²) < 4.78 is 0. The predicted molar refractivity (Wildman–Crippen MR) is 70.5 cm³/mol. The highest BCUT2D eigenvalue weighted by molar-refractivity contribution is 6.02. The maximum absolute atomic E-state index is 12.1. The van der Waals surface area contributed by atoms with Gasteiger partial charge in [-0.2, -0.15) is 0 Å². The monoisotopic (exact) mass is 230 g/mol. The molecule has 90 valence electrons. The van der Waals surface area contributed by atoms with Crippen LogP contribution in [0.3, 0.4) is 0 Å². The van der Waals surface area contributed by atoms with E-state index in [0.717, 1.165) is 28.7 Å². The molecule has 0 aliphatic carbocycles. The molecular formula is C14H18N2O. The molecule has 0 unspecified atom stereocenters. The Bertz CT molecular complexity index is 540. The first kappa shape index (κ1) is 11.9. The van der Waals surface area contributed by atoms with Crippen LogP contribution in [0.25, 0.3) is 10.9 Å². The van der Waals surface area contributed by atoms with Crippen LogP contribution in [-0.2, 0) is 0 Å². The molecule has 17 heavy (non-hydrogen) atoms. The number of Topliss-reactive ketones (excluding diaryl/α,β-unsaturated/α-hetero) is 1. The van der Waals surface area contributed by atoms with Crippen molar-refractivity contribution in [1.29, 1.82) is 0 Å². The summed E-state index contributed by atoms with van der Waals surface area (Å²) in [5.74, 6) is 0.187. The maximum Gasteiger partial charge on any atom is 0.180 e. The van der Waals surface area contributed by atoms with E-state index in [-0.39, 0.29) is 5.78 Å². The lowest BCUT2D eigenvalue weighted by molar-refractivity contribution is 0.0968.